The van der Waals surface area contributed by atoms with E-state index in [9.17, 15) is 12.8 Å². The molecule has 3 aromatic carbocycles. The Labute approximate surface area is 170 Å². The summed E-state index contributed by atoms with van der Waals surface area (Å²) in [5, 5.41) is 0. The molecular weight excluding hydrogens is 389 g/mol. The summed E-state index contributed by atoms with van der Waals surface area (Å²) in [5.41, 5.74) is 2.55. The van der Waals surface area contributed by atoms with Crippen molar-refractivity contribution in [3.8, 4) is 5.75 Å². The molecule has 0 fully saturated rings. The third-order valence-electron chi connectivity index (χ3n) is 4.23. The summed E-state index contributed by atoms with van der Waals surface area (Å²) in [6.45, 7) is 1.88. The molecule has 148 valence electrons. The molecule has 0 N–H and O–H groups in total. The fourth-order valence-corrected chi connectivity index (χ4v) is 3.59. The number of halogens is 1. The molecule has 4 nitrogen and oxygen atoms in total. The second kappa shape index (κ2) is 8.84. The number of hydrogen-bond donors (Lipinski definition) is 0. The molecule has 0 aromatic heterocycles. The minimum atomic E-state index is -3.91. The molecule has 0 saturated heterocycles. The molecule has 0 heterocycles. The molecule has 6 heteroatoms. The Bertz CT molecular complexity index is 1130. The summed E-state index contributed by atoms with van der Waals surface area (Å²) in [6, 6.07) is 19.3. The van der Waals surface area contributed by atoms with Gasteiger partial charge in [-0.25, -0.2) is 4.39 Å². The van der Waals surface area contributed by atoms with Gasteiger partial charge in [0.15, 0.2) is 0 Å². The zero-order valence-corrected chi connectivity index (χ0v) is 16.9. The molecule has 0 spiro atoms. The molecule has 0 unspecified atom stereocenters. The topological polar surface area (TPSA) is 55.7 Å². The van der Waals surface area contributed by atoms with Crippen molar-refractivity contribution in [1.29, 1.82) is 0 Å². The Kier molecular flexibility index (Phi) is 6.24. The highest BCUT2D eigenvalue weighted by atomic mass is 32.2. The Morgan fingerprint density at radius 3 is 2.14 bits per heavy atom. The van der Waals surface area contributed by atoms with Crippen LogP contribution in [0, 0.1) is 12.7 Å². The van der Waals surface area contributed by atoms with Crippen LogP contribution < -0.4 is 4.74 Å². The normalized spacial score (nSPS) is 12.3. The van der Waals surface area contributed by atoms with Gasteiger partial charge in [0.2, 0.25) is 0 Å². The van der Waals surface area contributed by atoms with E-state index < -0.39 is 10.0 Å². The van der Waals surface area contributed by atoms with Gasteiger partial charge in [-0.1, -0.05) is 35.9 Å². The second-order valence-corrected chi connectivity index (χ2v) is 7.98. The molecule has 0 aliphatic carbocycles. The molecule has 0 aliphatic heterocycles. The van der Waals surface area contributed by atoms with E-state index in [0.717, 1.165) is 11.1 Å². The lowest BCUT2D eigenvalue weighted by atomic mass is 10.1. The van der Waals surface area contributed by atoms with Crippen molar-refractivity contribution in [1.82, 2.24) is 0 Å². The number of aryl methyl sites for hydroxylation is 1. The van der Waals surface area contributed by atoms with Gasteiger partial charge in [0, 0.05) is 5.56 Å². The molecule has 0 bridgehead atoms. The molecular formula is C23H20FNO3S. The minimum Gasteiger partial charge on any atom is -0.497 e. The summed E-state index contributed by atoms with van der Waals surface area (Å²) in [6.07, 6.45) is 3.29. The predicted molar refractivity (Wildman–Crippen MR) is 113 cm³/mol. The lowest BCUT2D eigenvalue weighted by molar-refractivity contribution is 0.415. The van der Waals surface area contributed by atoms with Crippen LogP contribution in [0.1, 0.15) is 16.7 Å². The van der Waals surface area contributed by atoms with E-state index >= 15 is 0 Å². The zero-order chi connectivity index (χ0) is 20.9. The predicted octanol–water partition coefficient (Wildman–Crippen LogP) is 5.03. The van der Waals surface area contributed by atoms with Crippen molar-refractivity contribution in [3.63, 3.8) is 0 Å². The van der Waals surface area contributed by atoms with Crippen LogP contribution in [0.2, 0.25) is 0 Å². The van der Waals surface area contributed by atoms with E-state index in [2.05, 4.69) is 4.40 Å². The summed E-state index contributed by atoms with van der Waals surface area (Å²) < 4.78 is 48.0. The Morgan fingerprint density at radius 1 is 0.931 bits per heavy atom. The van der Waals surface area contributed by atoms with Crippen molar-refractivity contribution in [2.45, 2.75) is 11.8 Å². The quantitative estimate of drug-likeness (QED) is 0.536. The molecule has 0 radical (unpaired) electrons. The fourth-order valence-electron chi connectivity index (χ4n) is 2.58. The maximum atomic E-state index is 13.1. The van der Waals surface area contributed by atoms with Crippen molar-refractivity contribution in [2.24, 2.45) is 4.40 Å². The average Bonchev–Trinajstić information content (AvgIpc) is 2.72. The van der Waals surface area contributed by atoms with Crippen LogP contribution in [0.15, 0.2) is 88.2 Å². The number of ether oxygens (including phenoxy) is 1. The number of methoxy groups -OCH3 is 1. The lowest BCUT2D eigenvalue weighted by Gasteiger charge is -2.06. The summed E-state index contributed by atoms with van der Waals surface area (Å²) in [5.74, 6) is 0.310. The van der Waals surface area contributed by atoms with Gasteiger partial charge in [0.1, 0.15) is 11.6 Å². The Morgan fingerprint density at radius 2 is 1.55 bits per heavy atom. The van der Waals surface area contributed by atoms with Gasteiger partial charge in [-0.05, 0) is 67.1 Å². The first-order valence-electron chi connectivity index (χ1n) is 8.87. The third-order valence-corrected chi connectivity index (χ3v) is 5.53. The first-order valence-corrected chi connectivity index (χ1v) is 10.3. The van der Waals surface area contributed by atoms with Crippen LogP contribution in [0.5, 0.6) is 5.75 Å². The van der Waals surface area contributed by atoms with Gasteiger partial charge in [-0.2, -0.15) is 12.8 Å². The van der Waals surface area contributed by atoms with Crippen molar-refractivity contribution < 1.29 is 17.5 Å². The molecule has 3 aromatic rings. The number of nitrogens with zero attached hydrogens (tertiary/aromatic N) is 1. The molecule has 0 saturated carbocycles. The van der Waals surface area contributed by atoms with Crippen molar-refractivity contribution in [2.75, 3.05) is 7.11 Å². The highest BCUT2D eigenvalue weighted by molar-refractivity contribution is 7.90. The van der Waals surface area contributed by atoms with E-state index in [1.807, 2.05) is 6.92 Å². The maximum absolute atomic E-state index is 13.1. The van der Waals surface area contributed by atoms with Gasteiger partial charge in [-0.15, -0.1) is 0 Å². The smallest absolute Gasteiger partial charge is 0.282 e. The zero-order valence-electron chi connectivity index (χ0n) is 16.0. The van der Waals surface area contributed by atoms with Gasteiger partial charge < -0.3 is 4.74 Å². The summed E-state index contributed by atoms with van der Waals surface area (Å²) in [4.78, 5) is 0.115. The Balaban J connectivity index is 2.04. The van der Waals surface area contributed by atoms with Crippen LogP contribution in [-0.2, 0) is 10.0 Å². The number of sulfonamides is 1. The lowest BCUT2D eigenvalue weighted by Crippen LogP contribution is -2.04. The number of rotatable bonds is 6. The largest absolute Gasteiger partial charge is 0.497 e. The van der Waals surface area contributed by atoms with Gasteiger partial charge >= 0.3 is 0 Å². The molecule has 0 atom stereocenters. The first-order chi connectivity index (χ1) is 13.9. The second-order valence-electron chi connectivity index (χ2n) is 6.38. The first kappa shape index (κ1) is 20.5. The summed E-state index contributed by atoms with van der Waals surface area (Å²) in [7, 11) is -2.35. The maximum Gasteiger partial charge on any atom is 0.282 e. The van der Waals surface area contributed by atoms with Crippen LogP contribution in [0.3, 0.4) is 0 Å². The van der Waals surface area contributed by atoms with Crippen LogP contribution >= 0.6 is 0 Å². The average molecular weight is 409 g/mol. The van der Waals surface area contributed by atoms with E-state index in [4.69, 9.17) is 4.74 Å². The molecule has 29 heavy (non-hydrogen) atoms. The van der Waals surface area contributed by atoms with E-state index in [1.54, 1.807) is 67.8 Å². The third kappa shape index (κ3) is 5.39. The highest BCUT2D eigenvalue weighted by Crippen LogP contribution is 2.18. The van der Waals surface area contributed by atoms with Crippen molar-refractivity contribution >= 4 is 21.8 Å². The SMILES string of the molecule is COc1ccc(C(/C=C/c2ccc(F)cc2)=N\S(=O)(=O)c2ccc(C)cc2)cc1. The van der Waals surface area contributed by atoms with E-state index in [1.165, 1.54) is 24.3 Å². The van der Waals surface area contributed by atoms with Crippen LogP contribution in [0.25, 0.3) is 6.08 Å². The molecule has 3 rings (SSSR count). The highest BCUT2D eigenvalue weighted by Gasteiger charge is 2.14. The number of hydrogen-bond acceptors (Lipinski definition) is 3. The minimum absolute atomic E-state index is 0.115. The van der Waals surface area contributed by atoms with E-state index in [0.29, 0.717) is 11.3 Å². The summed E-state index contributed by atoms with van der Waals surface area (Å²) >= 11 is 0. The number of benzene rings is 3. The van der Waals surface area contributed by atoms with Gasteiger partial charge in [0.05, 0.1) is 17.7 Å². The van der Waals surface area contributed by atoms with E-state index in [-0.39, 0.29) is 16.4 Å². The van der Waals surface area contributed by atoms with Crippen LogP contribution in [-0.4, -0.2) is 21.2 Å². The van der Waals surface area contributed by atoms with Gasteiger partial charge in [0.25, 0.3) is 10.0 Å². The Hall–Kier alpha value is -3.25. The molecule has 0 amide bonds. The molecule has 0 aliphatic rings. The van der Waals surface area contributed by atoms with Gasteiger partial charge in [-0.3, -0.25) is 0 Å². The standard InChI is InChI=1S/C23H20FNO3S/c1-17-3-14-22(15-4-17)29(26,27)25-23(19-8-12-21(28-2)13-9-19)16-7-18-5-10-20(24)11-6-18/h3-16H,1-2H3/b16-7+,25-23-. The van der Waals surface area contributed by atoms with Crippen molar-refractivity contribution in [3.05, 3.63) is 101 Å². The monoisotopic (exact) mass is 409 g/mol. The fraction of sp³-hybridized carbons (Fsp3) is 0.0870. The number of allylic oxidation sites excluding steroid dienone is 1. The van der Waals surface area contributed by atoms with Crippen LogP contribution in [0.4, 0.5) is 4.39 Å².